The lowest BCUT2D eigenvalue weighted by molar-refractivity contribution is -0.115. The zero-order valence-electron chi connectivity index (χ0n) is 10.9. The maximum Gasteiger partial charge on any atom is 0.228 e. The first-order chi connectivity index (χ1) is 9.60. The summed E-state index contributed by atoms with van der Waals surface area (Å²) in [6.45, 7) is 0. The second-order valence-electron chi connectivity index (χ2n) is 4.20. The van der Waals surface area contributed by atoms with Gasteiger partial charge in [0.2, 0.25) is 5.91 Å². The highest BCUT2D eigenvalue weighted by Gasteiger charge is 2.08. The standard InChI is InChI=1S/C15H14BrNO3/c1-20-14-7-6-11(9-12(14)16)17-15(19)8-10-4-2-3-5-13(10)18/h2-7,9,18H,8H2,1H3,(H,17,19). The van der Waals surface area contributed by atoms with E-state index in [1.165, 1.54) is 0 Å². The molecule has 1 amide bonds. The number of anilines is 1. The van der Waals surface area contributed by atoms with E-state index in [4.69, 9.17) is 4.74 Å². The van der Waals surface area contributed by atoms with Crippen LogP contribution in [0.5, 0.6) is 11.5 Å². The molecule has 0 unspecified atom stereocenters. The van der Waals surface area contributed by atoms with Gasteiger partial charge in [-0.2, -0.15) is 0 Å². The third-order valence-corrected chi connectivity index (χ3v) is 3.40. The van der Waals surface area contributed by atoms with Gasteiger partial charge in [0, 0.05) is 11.3 Å². The lowest BCUT2D eigenvalue weighted by Crippen LogP contribution is -2.14. The minimum Gasteiger partial charge on any atom is -0.508 e. The van der Waals surface area contributed by atoms with E-state index in [0.29, 0.717) is 17.0 Å². The number of nitrogens with one attached hydrogen (secondary N) is 1. The number of rotatable bonds is 4. The number of benzene rings is 2. The van der Waals surface area contributed by atoms with Crippen molar-refractivity contribution in [1.29, 1.82) is 0 Å². The van der Waals surface area contributed by atoms with Gasteiger partial charge < -0.3 is 15.2 Å². The van der Waals surface area contributed by atoms with Crippen LogP contribution in [0.1, 0.15) is 5.56 Å². The van der Waals surface area contributed by atoms with Gasteiger partial charge >= 0.3 is 0 Å². The topological polar surface area (TPSA) is 58.6 Å². The first-order valence-electron chi connectivity index (χ1n) is 6.00. The van der Waals surface area contributed by atoms with Gasteiger partial charge in [0.05, 0.1) is 18.0 Å². The molecule has 20 heavy (non-hydrogen) atoms. The average Bonchev–Trinajstić information content (AvgIpc) is 2.41. The minimum atomic E-state index is -0.191. The van der Waals surface area contributed by atoms with Crippen molar-refractivity contribution < 1.29 is 14.6 Å². The van der Waals surface area contributed by atoms with E-state index in [2.05, 4.69) is 21.2 Å². The third kappa shape index (κ3) is 3.51. The molecule has 0 radical (unpaired) electrons. The van der Waals surface area contributed by atoms with Crippen molar-refractivity contribution in [3.8, 4) is 11.5 Å². The minimum absolute atomic E-state index is 0.121. The van der Waals surface area contributed by atoms with E-state index >= 15 is 0 Å². The Morgan fingerprint density at radius 2 is 2.05 bits per heavy atom. The number of carbonyl (C=O) groups excluding carboxylic acids is 1. The van der Waals surface area contributed by atoms with Crippen molar-refractivity contribution in [2.24, 2.45) is 0 Å². The van der Waals surface area contributed by atoms with E-state index in [9.17, 15) is 9.90 Å². The molecule has 0 aliphatic carbocycles. The Morgan fingerprint density at radius 1 is 1.30 bits per heavy atom. The maximum absolute atomic E-state index is 11.9. The second kappa shape index (κ2) is 6.43. The van der Waals surface area contributed by atoms with Gasteiger partial charge in [-0.1, -0.05) is 18.2 Å². The predicted octanol–water partition coefficient (Wildman–Crippen LogP) is 3.34. The lowest BCUT2D eigenvalue weighted by Gasteiger charge is -2.09. The molecule has 2 N–H and O–H groups in total. The molecule has 0 heterocycles. The molecular weight excluding hydrogens is 322 g/mol. The van der Waals surface area contributed by atoms with Crippen molar-refractivity contribution >= 4 is 27.5 Å². The van der Waals surface area contributed by atoms with Crippen molar-refractivity contribution in [2.45, 2.75) is 6.42 Å². The first kappa shape index (κ1) is 14.4. The normalized spacial score (nSPS) is 10.1. The van der Waals surface area contributed by atoms with Crippen LogP contribution in [0.15, 0.2) is 46.9 Å². The van der Waals surface area contributed by atoms with Crippen LogP contribution >= 0.6 is 15.9 Å². The number of carbonyl (C=O) groups is 1. The van der Waals surface area contributed by atoms with Crippen LogP contribution in [0, 0.1) is 0 Å². The van der Waals surface area contributed by atoms with Crippen LogP contribution in [-0.2, 0) is 11.2 Å². The van der Waals surface area contributed by atoms with Gasteiger partial charge in [0.1, 0.15) is 11.5 Å². The van der Waals surface area contributed by atoms with E-state index < -0.39 is 0 Å². The average molecular weight is 336 g/mol. The van der Waals surface area contributed by atoms with Gasteiger partial charge in [0.15, 0.2) is 0 Å². The summed E-state index contributed by atoms with van der Waals surface area (Å²) >= 11 is 3.36. The van der Waals surface area contributed by atoms with Crippen LogP contribution in [0.4, 0.5) is 5.69 Å². The fraction of sp³-hybridized carbons (Fsp3) is 0.133. The van der Waals surface area contributed by atoms with Crippen molar-refractivity contribution in [1.82, 2.24) is 0 Å². The zero-order chi connectivity index (χ0) is 14.5. The number of phenols is 1. The molecule has 5 heteroatoms. The molecule has 0 aromatic heterocycles. The third-order valence-electron chi connectivity index (χ3n) is 2.78. The molecule has 0 atom stereocenters. The summed E-state index contributed by atoms with van der Waals surface area (Å²) in [5.41, 5.74) is 1.26. The Kier molecular flexibility index (Phi) is 4.63. The Balaban J connectivity index is 2.05. The van der Waals surface area contributed by atoms with Gasteiger partial charge in [-0.05, 0) is 40.2 Å². The summed E-state index contributed by atoms with van der Waals surface area (Å²) in [6.07, 6.45) is 0.121. The van der Waals surface area contributed by atoms with E-state index in [1.54, 1.807) is 49.6 Å². The largest absolute Gasteiger partial charge is 0.508 e. The molecule has 2 rings (SSSR count). The number of methoxy groups -OCH3 is 1. The summed E-state index contributed by atoms with van der Waals surface area (Å²) in [7, 11) is 1.58. The quantitative estimate of drug-likeness (QED) is 0.900. The highest BCUT2D eigenvalue weighted by Crippen LogP contribution is 2.27. The number of ether oxygens (including phenoxy) is 1. The highest BCUT2D eigenvalue weighted by atomic mass is 79.9. The fourth-order valence-electron chi connectivity index (χ4n) is 1.78. The Bertz CT molecular complexity index is 628. The van der Waals surface area contributed by atoms with Gasteiger partial charge in [-0.3, -0.25) is 4.79 Å². The maximum atomic E-state index is 11.9. The Labute approximate surface area is 125 Å². The van der Waals surface area contributed by atoms with Crippen LogP contribution < -0.4 is 10.1 Å². The molecule has 0 bridgehead atoms. The Hall–Kier alpha value is -2.01. The smallest absolute Gasteiger partial charge is 0.228 e. The number of phenolic OH excluding ortho intramolecular Hbond substituents is 1. The fourth-order valence-corrected chi connectivity index (χ4v) is 2.32. The van der Waals surface area contributed by atoms with Crippen molar-refractivity contribution in [3.63, 3.8) is 0 Å². The molecule has 0 saturated heterocycles. The molecule has 0 saturated carbocycles. The predicted molar refractivity (Wildman–Crippen MR) is 81.1 cm³/mol. The molecule has 4 nitrogen and oxygen atoms in total. The highest BCUT2D eigenvalue weighted by molar-refractivity contribution is 9.10. The molecular formula is C15H14BrNO3. The lowest BCUT2D eigenvalue weighted by atomic mass is 10.1. The molecule has 0 aliphatic heterocycles. The molecule has 0 fully saturated rings. The van der Waals surface area contributed by atoms with Crippen LogP contribution in [0.3, 0.4) is 0 Å². The SMILES string of the molecule is COc1ccc(NC(=O)Cc2ccccc2O)cc1Br. The van der Waals surface area contributed by atoms with Crippen LogP contribution in [0.25, 0.3) is 0 Å². The van der Waals surface area contributed by atoms with Crippen molar-refractivity contribution in [3.05, 3.63) is 52.5 Å². The van der Waals surface area contributed by atoms with E-state index in [1.807, 2.05) is 0 Å². The number of para-hydroxylation sites is 1. The Morgan fingerprint density at radius 3 is 2.70 bits per heavy atom. The number of hydrogen-bond acceptors (Lipinski definition) is 3. The van der Waals surface area contributed by atoms with E-state index in [-0.39, 0.29) is 18.1 Å². The van der Waals surface area contributed by atoms with Gasteiger partial charge in [0.25, 0.3) is 0 Å². The summed E-state index contributed by atoms with van der Waals surface area (Å²) in [6, 6.07) is 12.1. The molecule has 0 aliphatic rings. The molecule has 0 spiro atoms. The van der Waals surface area contributed by atoms with Crippen molar-refractivity contribution in [2.75, 3.05) is 12.4 Å². The number of aromatic hydroxyl groups is 1. The van der Waals surface area contributed by atoms with Crippen LogP contribution in [0.2, 0.25) is 0 Å². The number of hydrogen-bond donors (Lipinski definition) is 2. The molecule has 2 aromatic rings. The summed E-state index contributed by atoms with van der Waals surface area (Å²) < 4.78 is 5.89. The van der Waals surface area contributed by atoms with Gasteiger partial charge in [-0.25, -0.2) is 0 Å². The summed E-state index contributed by atoms with van der Waals surface area (Å²) in [4.78, 5) is 11.9. The summed E-state index contributed by atoms with van der Waals surface area (Å²) in [5, 5.41) is 12.4. The first-order valence-corrected chi connectivity index (χ1v) is 6.79. The zero-order valence-corrected chi connectivity index (χ0v) is 12.5. The number of halogens is 1. The monoisotopic (exact) mass is 335 g/mol. The summed E-state index contributed by atoms with van der Waals surface area (Å²) in [5.74, 6) is 0.630. The molecule has 2 aromatic carbocycles. The molecule has 104 valence electrons. The van der Waals surface area contributed by atoms with E-state index in [0.717, 1.165) is 4.47 Å². The van der Waals surface area contributed by atoms with Crippen LogP contribution in [-0.4, -0.2) is 18.1 Å². The number of amides is 1. The second-order valence-corrected chi connectivity index (χ2v) is 5.06. The van der Waals surface area contributed by atoms with Gasteiger partial charge in [-0.15, -0.1) is 0 Å².